The molecule has 0 unspecified atom stereocenters. The highest BCUT2D eigenvalue weighted by molar-refractivity contribution is 5.89. The van der Waals surface area contributed by atoms with E-state index in [0.717, 1.165) is 0 Å². The first kappa shape index (κ1) is 10.4. The first-order valence-corrected chi connectivity index (χ1v) is 4.04. The second-order valence-corrected chi connectivity index (χ2v) is 2.79. The molecular formula is C10H11O4-. The van der Waals surface area contributed by atoms with Crippen molar-refractivity contribution in [2.24, 2.45) is 0 Å². The summed E-state index contributed by atoms with van der Waals surface area (Å²) >= 11 is 0. The van der Waals surface area contributed by atoms with Crippen LogP contribution in [0.1, 0.15) is 15.9 Å². The van der Waals surface area contributed by atoms with E-state index in [-0.39, 0.29) is 5.56 Å². The van der Waals surface area contributed by atoms with Gasteiger partial charge in [-0.15, -0.1) is 0 Å². The number of benzene rings is 1. The third-order valence-electron chi connectivity index (χ3n) is 2.01. The van der Waals surface area contributed by atoms with Crippen molar-refractivity contribution in [2.75, 3.05) is 14.2 Å². The Morgan fingerprint density at radius 2 is 1.93 bits per heavy atom. The minimum Gasteiger partial charge on any atom is -0.545 e. The summed E-state index contributed by atoms with van der Waals surface area (Å²) in [4.78, 5) is 10.7. The normalized spacial score (nSPS) is 9.64. The van der Waals surface area contributed by atoms with E-state index in [1.807, 2.05) is 0 Å². The number of methoxy groups -OCH3 is 2. The second-order valence-electron chi connectivity index (χ2n) is 2.79. The zero-order valence-corrected chi connectivity index (χ0v) is 8.29. The highest BCUT2D eigenvalue weighted by atomic mass is 16.5. The lowest BCUT2D eigenvalue weighted by molar-refractivity contribution is -0.255. The Hall–Kier alpha value is -1.71. The Kier molecular flexibility index (Phi) is 2.96. The van der Waals surface area contributed by atoms with Crippen LogP contribution in [-0.2, 0) is 0 Å². The molecule has 1 aromatic rings. The molecule has 0 fully saturated rings. The quantitative estimate of drug-likeness (QED) is 0.699. The van der Waals surface area contributed by atoms with Crippen LogP contribution in [0.25, 0.3) is 0 Å². The third-order valence-corrected chi connectivity index (χ3v) is 2.01. The van der Waals surface area contributed by atoms with Crippen molar-refractivity contribution in [3.8, 4) is 11.5 Å². The maximum Gasteiger partial charge on any atom is 0.126 e. The molecule has 1 rings (SSSR count). The van der Waals surface area contributed by atoms with E-state index in [1.54, 1.807) is 13.0 Å². The van der Waals surface area contributed by atoms with E-state index in [2.05, 4.69) is 0 Å². The van der Waals surface area contributed by atoms with E-state index < -0.39 is 5.97 Å². The van der Waals surface area contributed by atoms with Gasteiger partial charge in [-0.2, -0.15) is 0 Å². The number of aromatic carboxylic acids is 1. The Morgan fingerprint density at radius 1 is 1.29 bits per heavy atom. The molecule has 76 valence electrons. The maximum absolute atomic E-state index is 10.7. The largest absolute Gasteiger partial charge is 0.545 e. The number of carboxylic acids is 1. The number of carbonyl (C=O) groups is 1. The second kappa shape index (κ2) is 4.00. The first-order chi connectivity index (χ1) is 6.60. The van der Waals surface area contributed by atoms with Crippen LogP contribution < -0.4 is 14.6 Å². The minimum absolute atomic E-state index is 0.0844. The summed E-state index contributed by atoms with van der Waals surface area (Å²) in [5, 5.41) is 10.7. The van der Waals surface area contributed by atoms with Gasteiger partial charge >= 0.3 is 0 Å². The molecule has 1 aromatic carbocycles. The molecule has 0 radical (unpaired) electrons. The average molecular weight is 195 g/mol. The van der Waals surface area contributed by atoms with Gasteiger partial charge in [0.15, 0.2) is 0 Å². The number of carboxylic acid groups (broad SMARTS) is 1. The van der Waals surface area contributed by atoms with Crippen molar-refractivity contribution in [1.29, 1.82) is 0 Å². The Bertz CT molecular complexity index is 357. The van der Waals surface area contributed by atoms with Crippen molar-refractivity contribution in [1.82, 2.24) is 0 Å². The van der Waals surface area contributed by atoms with Gasteiger partial charge in [-0.1, -0.05) is 0 Å². The van der Waals surface area contributed by atoms with E-state index in [4.69, 9.17) is 9.47 Å². The third kappa shape index (κ3) is 1.79. The minimum atomic E-state index is -1.24. The van der Waals surface area contributed by atoms with Gasteiger partial charge in [-0.3, -0.25) is 0 Å². The van der Waals surface area contributed by atoms with E-state index in [1.165, 1.54) is 20.3 Å². The Morgan fingerprint density at radius 3 is 2.36 bits per heavy atom. The Balaban J connectivity index is 3.34. The fourth-order valence-corrected chi connectivity index (χ4v) is 1.20. The molecule has 0 aromatic heterocycles. The fourth-order valence-electron chi connectivity index (χ4n) is 1.20. The highest BCUT2D eigenvalue weighted by Gasteiger charge is 2.08. The van der Waals surface area contributed by atoms with Gasteiger partial charge in [0.1, 0.15) is 11.5 Å². The smallest absolute Gasteiger partial charge is 0.126 e. The number of rotatable bonds is 3. The van der Waals surface area contributed by atoms with Gasteiger partial charge in [0.2, 0.25) is 0 Å². The van der Waals surface area contributed by atoms with Gasteiger partial charge in [-0.05, 0) is 13.0 Å². The SMILES string of the molecule is COc1cc(OC)c(C)c(C(=O)[O-])c1. The molecule has 14 heavy (non-hydrogen) atoms. The lowest BCUT2D eigenvalue weighted by Crippen LogP contribution is -2.23. The zero-order chi connectivity index (χ0) is 10.7. The van der Waals surface area contributed by atoms with Crippen LogP contribution in [0, 0.1) is 6.92 Å². The summed E-state index contributed by atoms with van der Waals surface area (Å²) in [6.45, 7) is 1.66. The molecule has 0 saturated carbocycles. The molecule has 0 aliphatic carbocycles. The summed E-state index contributed by atoms with van der Waals surface area (Å²) in [5.74, 6) is -0.324. The summed E-state index contributed by atoms with van der Waals surface area (Å²) in [5.41, 5.74) is 0.620. The van der Waals surface area contributed by atoms with Crippen molar-refractivity contribution < 1.29 is 19.4 Å². The maximum atomic E-state index is 10.7. The van der Waals surface area contributed by atoms with Crippen molar-refractivity contribution >= 4 is 5.97 Å². The lowest BCUT2D eigenvalue weighted by Gasteiger charge is -2.13. The Labute approximate surface area is 82.1 Å². The fraction of sp³-hybridized carbons (Fsp3) is 0.300. The molecule has 4 nitrogen and oxygen atoms in total. The summed E-state index contributed by atoms with van der Waals surface area (Å²) in [7, 11) is 2.93. The molecule has 0 saturated heterocycles. The summed E-state index contributed by atoms with van der Waals surface area (Å²) in [6, 6.07) is 3.04. The molecule has 0 bridgehead atoms. The monoisotopic (exact) mass is 195 g/mol. The van der Waals surface area contributed by atoms with Crippen LogP contribution in [0.15, 0.2) is 12.1 Å². The lowest BCUT2D eigenvalue weighted by atomic mass is 10.1. The topological polar surface area (TPSA) is 58.6 Å². The standard InChI is InChI=1S/C10H12O4/c1-6-8(10(11)12)4-7(13-2)5-9(6)14-3/h4-5H,1-3H3,(H,11,12)/p-1. The average Bonchev–Trinajstić information content (AvgIpc) is 2.17. The van der Waals surface area contributed by atoms with Crippen LogP contribution in [0.2, 0.25) is 0 Å². The zero-order valence-electron chi connectivity index (χ0n) is 8.29. The number of hydrogen-bond acceptors (Lipinski definition) is 4. The number of ether oxygens (including phenoxy) is 2. The van der Waals surface area contributed by atoms with Gasteiger partial charge < -0.3 is 19.4 Å². The molecule has 0 atom stereocenters. The van der Waals surface area contributed by atoms with E-state index >= 15 is 0 Å². The van der Waals surface area contributed by atoms with Crippen LogP contribution in [0.4, 0.5) is 0 Å². The van der Waals surface area contributed by atoms with Gasteiger partial charge in [0.05, 0.1) is 20.2 Å². The van der Waals surface area contributed by atoms with Crippen LogP contribution in [-0.4, -0.2) is 20.2 Å². The number of carbonyl (C=O) groups excluding carboxylic acids is 1. The van der Waals surface area contributed by atoms with Gasteiger partial charge in [0, 0.05) is 17.2 Å². The van der Waals surface area contributed by atoms with Crippen molar-refractivity contribution in [2.45, 2.75) is 6.92 Å². The van der Waals surface area contributed by atoms with Crippen molar-refractivity contribution in [3.05, 3.63) is 23.3 Å². The molecule has 0 aliphatic rings. The predicted octanol–water partition coefficient (Wildman–Crippen LogP) is 0.376. The van der Waals surface area contributed by atoms with E-state index in [9.17, 15) is 9.90 Å². The number of hydrogen-bond donors (Lipinski definition) is 0. The van der Waals surface area contributed by atoms with Crippen LogP contribution in [0.3, 0.4) is 0 Å². The van der Waals surface area contributed by atoms with E-state index in [0.29, 0.717) is 17.1 Å². The summed E-state index contributed by atoms with van der Waals surface area (Å²) in [6.07, 6.45) is 0. The molecular weight excluding hydrogens is 184 g/mol. The van der Waals surface area contributed by atoms with Crippen molar-refractivity contribution in [3.63, 3.8) is 0 Å². The molecule has 0 amide bonds. The van der Waals surface area contributed by atoms with Crippen LogP contribution in [0.5, 0.6) is 11.5 Å². The van der Waals surface area contributed by atoms with Gasteiger partial charge in [-0.25, -0.2) is 0 Å². The summed E-state index contributed by atoms with van der Waals surface area (Å²) < 4.78 is 9.94. The van der Waals surface area contributed by atoms with Crippen LogP contribution >= 0.6 is 0 Å². The molecule has 0 N–H and O–H groups in total. The molecule has 4 heteroatoms. The highest BCUT2D eigenvalue weighted by Crippen LogP contribution is 2.27. The molecule has 0 spiro atoms. The molecule has 0 aliphatic heterocycles. The first-order valence-electron chi connectivity index (χ1n) is 4.04. The van der Waals surface area contributed by atoms with Gasteiger partial charge in [0.25, 0.3) is 0 Å². The molecule has 0 heterocycles. The predicted molar refractivity (Wildman–Crippen MR) is 48.6 cm³/mol.